The predicted octanol–water partition coefficient (Wildman–Crippen LogP) is -2.95. The van der Waals surface area contributed by atoms with Crippen LogP contribution in [0.15, 0.2) is 0 Å². The Kier molecular flexibility index (Phi) is 5.95. The van der Waals surface area contributed by atoms with Crippen LogP contribution in [-0.4, -0.2) is 74.2 Å². The van der Waals surface area contributed by atoms with Gasteiger partial charge in [0.2, 0.25) is 0 Å². The second-order valence-corrected chi connectivity index (χ2v) is 4.34. The lowest BCUT2D eigenvalue weighted by molar-refractivity contribution is -0.243. The van der Waals surface area contributed by atoms with Crippen molar-refractivity contribution < 1.29 is 35.1 Å². The van der Waals surface area contributed by atoms with Gasteiger partial charge in [-0.1, -0.05) is 0 Å². The quantitative estimate of drug-likeness (QED) is 0.322. The molecular weight excluding hydrogens is 270 g/mol. The number of aliphatic hydroxyl groups is 4. The van der Waals surface area contributed by atoms with Crippen LogP contribution in [0.5, 0.6) is 0 Å². The molecule has 1 heterocycles. The van der Waals surface area contributed by atoms with Gasteiger partial charge in [-0.15, -0.1) is 12.4 Å². The molecule has 0 amide bonds. The Morgan fingerprint density at radius 3 is 2.17 bits per heavy atom. The van der Waals surface area contributed by atoms with Gasteiger partial charge in [-0.2, -0.15) is 0 Å². The Bertz CT molecular complexity index is 299. The number of hydrogen-bond acceptors (Lipinski definition) is 7. The van der Waals surface area contributed by atoms with Gasteiger partial charge >= 0.3 is 5.97 Å². The van der Waals surface area contributed by atoms with E-state index >= 15 is 0 Å². The zero-order chi connectivity index (χ0) is 13.4. The number of aliphatic hydroxyl groups excluding tert-OH is 4. The zero-order valence-electron chi connectivity index (χ0n) is 9.63. The van der Waals surface area contributed by atoms with Crippen LogP contribution < -0.4 is 5.73 Å². The SMILES string of the molecule is C[C@@](N)(C(=O)O)[C@H]1O[C@H](CO)[C@@H](O)[C@H](O)[C@@H]1O.Cl. The molecule has 8 nitrogen and oxygen atoms in total. The van der Waals surface area contributed by atoms with Crippen molar-refractivity contribution in [2.24, 2.45) is 5.73 Å². The van der Waals surface area contributed by atoms with Crippen molar-refractivity contribution in [3.63, 3.8) is 0 Å². The third-order valence-electron chi connectivity index (χ3n) is 2.94. The van der Waals surface area contributed by atoms with Gasteiger partial charge in [-0.05, 0) is 6.92 Å². The average Bonchev–Trinajstić information content (AvgIpc) is 2.26. The number of carboxylic acid groups (broad SMARTS) is 1. The summed E-state index contributed by atoms with van der Waals surface area (Å²) in [5, 5.41) is 46.4. The van der Waals surface area contributed by atoms with E-state index in [-0.39, 0.29) is 12.4 Å². The molecule has 0 bridgehead atoms. The van der Waals surface area contributed by atoms with Gasteiger partial charge in [0, 0.05) is 0 Å². The molecule has 7 N–H and O–H groups in total. The number of halogens is 1. The highest BCUT2D eigenvalue weighted by molar-refractivity contribution is 5.85. The van der Waals surface area contributed by atoms with Gasteiger partial charge in [0.25, 0.3) is 0 Å². The van der Waals surface area contributed by atoms with E-state index in [2.05, 4.69) is 0 Å². The second-order valence-electron chi connectivity index (χ2n) is 4.34. The van der Waals surface area contributed by atoms with Crippen LogP contribution in [0.3, 0.4) is 0 Å². The van der Waals surface area contributed by atoms with Gasteiger partial charge < -0.3 is 36.0 Å². The van der Waals surface area contributed by atoms with E-state index in [0.717, 1.165) is 6.92 Å². The molecule has 1 aliphatic heterocycles. The highest BCUT2D eigenvalue weighted by Crippen LogP contribution is 2.27. The lowest BCUT2D eigenvalue weighted by Gasteiger charge is -2.44. The predicted molar refractivity (Wildman–Crippen MR) is 61.2 cm³/mol. The van der Waals surface area contributed by atoms with Crippen LogP contribution in [0.25, 0.3) is 0 Å². The molecule has 108 valence electrons. The summed E-state index contributed by atoms with van der Waals surface area (Å²) in [5.74, 6) is -1.43. The first kappa shape index (κ1) is 17.5. The number of hydrogen-bond donors (Lipinski definition) is 6. The number of carboxylic acids is 1. The van der Waals surface area contributed by atoms with Crippen molar-refractivity contribution in [3.05, 3.63) is 0 Å². The third kappa shape index (κ3) is 2.91. The summed E-state index contributed by atoms with van der Waals surface area (Å²) in [6.45, 7) is 0.485. The molecule has 1 rings (SSSR count). The molecule has 9 heteroatoms. The van der Waals surface area contributed by atoms with Crippen molar-refractivity contribution >= 4 is 18.4 Å². The molecule has 0 radical (unpaired) electrons. The van der Waals surface area contributed by atoms with Crippen molar-refractivity contribution in [1.29, 1.82) is 0 Å². The summed E-state index contributed by atoms with van der Waals surface area (Å²) >= 11 is 0. The van der Waals surface area contributed by atoms with Crippen LogP contribution in [0, 0.1) is 0 Å². The first-order valence-electron chi connectivity index (χ1n) is 5.06. The van der Waals surface area contributed by atoms with Crippen LogP contribution in [0.1, 0.15) is 6.92 Å². The lowest BCUT2D eigenvalue weighted by Crippen LogP contribution is -2.69. The molecule has 0 aromatic heterocycles. The Labute approximate surface area is 109 Å². The molecule has 0 unspecified atom stereocenters. The first-order valence-corrected chi connectivity index (χ1v) is 5.06. The van der Waals surface area contributed by atoms with Crippen molar-refractivity contribution in [2.75, 3.05) is 6.61 Å². The van der Waals surface area contributed by atoms with E-state index in [1.807, 2.05) is 0 Å². The molecule has 0 saturated carbocycles. The van der Waals surface area contributed by atoms with Crippen LogP contribution >= 0.6 is 12.4 Å². The minimum absolute atomic E-state index is 0. The van der Waals surface area contributed by atoms with E-state index in [1.54, 1.807) is 0 Å². The van der Waals surface area contributed by atoms with E-state index in [9.17, 15) is 20.1 Å². The van der Waals surface area contributed by atoms with Crippen molar-refractivity contribution in [2.45, 2.75) is 43.0 Å². The van der Waals surface area contributed by atoms with Gasteiger partial charge in [0.15, 0.2) is 0 Å². The van der Waals surface area contributed by atoms with E-state index in [1.165, 1.54) is 0 Å². The fraction of sp³-hybridized carbons (Fsp3) is 0.889. The van der Waals surface area contributed by atoms with Crippen molar-refractivity contribution in [1.82, 2.24) is 0 Å². The maximum Gasteiger partial charge on any atom is 0.326 e. The summed E-state index contributed by atoms with van der Waals surface area (Å²) in [6.07, 6.45) is -7.42. The van der Waals surface area contributed by atoms with Crippen molar-refractivity contribution in [3.8, 4) is 0 Å². The van der Waals surface area contributed by atoms with Crippen LogP contribution in [0.4, 0.5) is 0 Å². The van der Waals surface area contributed by atoms with E-state index in [4.69, 9.17) is 20.7 Å². The Balaban J connectivity index is 0.00000289. The molecule has 0 spiro atoms. The molecule has 1 saturated heterocycles. The number of rotatable bonds is 3. The Morgan fingerprint density at radius 1 is 1.28 bits per heavy atom. The highest BCUT2D eigenvalue weighted by atomic mass is 35.5. The highest BCUT2D eigenvalue weighted by Gasteiger charge is 2.52. The molecule has 1 fully saturated rings. The fourth-order valence-electron chi connectivity index (χ4n) is 1.72. The van der Waals surface area contributed by atoms with Gasteiger partial charge in [0.1, 0.15) is 36.1 Å². The molecule has 0 aromatic carbocycles. The molecule has 0 aliphatic carbocycles. The Morgan fingerprint density at radius 2 is 1.78 bits per heavy atom. The monoisotopic (exact) mass is 287 g/mol. The molecule has 0 aromatic rings. The largest absolute Gasteiger partial charge is 0.480 e. The van der Waals surface area contributed by atoms with Gasteiger partial charge in [0.05, 0.1) is 6.61 Å². The standard InChI is InChI=1S/C9H17NO7.ClH/c1-9(10,8(15)16)7-6(14)5(13)4(12)3(2-11)17-7;/h3-7,11-14H,2,10H2,1H3,(H,15,16);1H/t3-,4-,5+,6+,7+,9+;/m1./s1. The second kappa shape index (κ2) is 6.11. The number of carbonyl (C=O) groups is 1. The first-order chi connectivity index (χ1) is 7.73. The lowest BCUT2D eigenvalue weighted by atomic mass is 9.84. The summed E-state index contributed by atoms with van der Waals surface area (Å²) in [7, 11) is 0. The zero-order valence-corrected chi connectivity index (χ0v) is 10.4. The maximum absolute atomic E-state index is 10.9. The average molecular weight is 288 g/mol. The van der Waals surface area contributed by atoms with Gasteiger partial charge in [-0.25, -0.2) is 0 Å². The molecular formula is C9H18ClNO7. The number of nitrogens with two attached hydrogens (primary N) is 1. The fourth-order valence-corrected chi connectivity index (χ4v) is 1.72. The number of ether oxygens (including phenoxy) is 1. The van der Waals surface area contributed by atoms with Crippen LogP contribution in [0.2, 0.25) is 0 Å². The summed E-state index contributed by atoms with van der Waals surface area (Å²) in [6, 6.07) is 0. The smallest absolute Gasteiger partial charge is 0.326 e. The Hall–Kier alpha value is -0.480. The minimum Gasteiger partial charge on any atom is -0.480 e. The van der Waals surface area contributed by atoms with Crippen LogP contribution in [-0.2, 0) is 9.53 Å². The van der Waals surface area contributed by atoms with E-state index in [0.29, 0.717) is 0 Å². The summed E-state index contributed by atoms with van der Waals surface area (Å²) < 4.78 is 5.04. The molecule has 18 heavy (non-hydrogen) atoms. The topological polar surface area (TPSA) is 153 Å². The number of aliphatic carboxylic acids is 1. The summed E-state index contributed by atoms with van der Waals surface area (Å²) in [4.78, 5) is 10.9. The maximum atomic E-state index is 10.9. The molecule has 6 atom stereocenters. The van der Waals surface area contributed by atoms with E-state index < -0.39 is 48.6 Å². The molecule has 1 aliphatic rings. The summed E-state index contributed by atoms with van der Waals surface area (Å²) in [5.41, 5.74) is 3.54. The minimum atomic E-state index is -1.95. The van der Waals surface area contributed by atoms with Gasteiger partial charge in [-0.3, -0.25) is 4.79 Å². The normalized spacial score (nSPS) is 39.6. The third-order valence-corrected chi connectivity index (χ3v) is 2.94.